The van der Waals surface area contributed by atoms with Crippen molar-refractivity contribution < 1.29 is 20.3 Å². The molecule has 0 unspecified atom stereocenters. The van der Waals surface area contributed by atoms with E-state index in [4.69, 9.17) is 0 Å². The molecule has 0 fully saturated rings. The van der Waals surface area contributed by atoms with Crippen molar-refractivity contribution in [1.29, 1.82) is 0 Å². The molecule has 2 rings (SSSR count). The van der Waals surface area contributed by atoms with E-state index in [0.717, 1.165) is 8.15 Å². The number of hydrogen-bond acceptors (Lipinski definition) is 2. The van der Waals surface area contributed by atoms with Crippen molar-refractivity contribution >= 4 is 20.6 Å². The quantitative estimate of drug-likeness (QED) is 0.756. The number of rotatable bonds is 2. The Balaban J connectivity index is 0.00000112. The van der Waals surface area contributed by atoms with Gasteiger partial charge in [-0.05, 0) is 0 Å². The summed E-state index contributed by atoms with van der Waals surface area (Å²) < 4.78 is 15.4. The Labute approximate surface area is 99.8 Å². The van der Waals surface area contributed by atoms with E-state index < -0.39 is 17.0 Å². The molecule has 2 aromatic rings. The van der Waals surface area contributed by atoms with Crippen LogP contribution in [0.5, 0.6) is 0 Å². The van der Waals surface area contributed by atoms with Crippen molar-refractivity contribution in [2.45, 2.75) is 0 Å². The van der Waals surface area contributed by atoms with Crippen molar-refractivity contribution in [3.8, 4) is 0 Å². The van der Waals surface area contributed by atoms with Gasteiger partial charge in [0.25, 0.3) is 0 Å². The van der Waals surface area contributed by atoms with Gasteiger partial charge in [0, 0.05) is 0 Å². The zero-order valence-corrected chi connectivity index (χ0v) is 10.8. The number of aromatic nitrogens is 2. The minimum atomic E-state index is -2.82. The fraction of sp³-hybridized carbons (Fsp3) is 0. The summed E-state index contributed by atoms with van der Waals surface area (Å²) in [7, 11) is 0. The fourth-order valence-electron chi connectivity index (χ4n) is 0.953. The van der Waals surface area contributed by atoms with Gasteiger partial charge < -0.3 is 0 Å². The zero-order valence-electron chi connectivity index (χ0n) is 7.63. The summed E-state index contributed by atoms with van der Waals surface area (Å²) in [6, 6.07) is 7.10. The molecule has 0 N–H and O–H groups in total. The molecule has 0 aliphatic rings. The first-order valence-corrected chi connectivity index (χ1v) is 7.28. The van der Waals surface area contributed by atoms with Gasteiger partial charge in [0.2, 0.25) is 0 Å². The molecule has 2 aromatic heterocycles. The molecule has 0 atom stereocenters. The van der Waals surface area contributed by atoms with E-state index in [2.05, 4.69) is 9.97 Å². The summed E-state index contributed by atoms with van der Waals surface area (Å²) in [5, 5.41) is 0. The Kier molecular flexibility index (Phi) is 4.82. The third-order valence-electron chi connectivity index (χ3n) is 1.56. The average Bonchev–Trinajstić information content (AvgIpc) is 2.30. The molecule has 0 aromatic carbocycles. The Morgan fingerprint density at radius 3 is 1.73 bits per heavy atom. The molecule has 2 nitrogen and oxygen atoms in total. The third-order valence-corrected chi connectivity index (χ3v) is 5.41. The van der Waals surface area contributed by atoms with Gasteiger partial charge in [0.15, 0.2) is 0 Å². The second-order valence-corrected chi connectivity index (χ2v) is 6.77. The molecule has 0 amide bonds. The molecule has 0 saturated heterocycles. The normalized spacial score (nSPS) is 10.3. The second kappa shape index (κ2) is 5.91. The van der Waals surface area contributed by atoms with E-state index in [1.165, 1.54) is 0 Å². The predicted molar refractivity (Wildman–Crippen MR) is 56.1 cm³/mol. The predicted octanol–water partition coefficient (Wildman–Crippen LogP) is 1.35. The van der Waals surface area contributed by atoms with Crippen molar-refractivity contribution in [3.63, 3.8) is 0 Å². The van der Waals surface area contributed by atoms with E-state index in [1.54, 1.807) is 49.1 Å². The number of pyridine rings is 2. The van der Waals surface area contributed by atoms with Gasteiger partial charge in [-0.2, -0.15) is 0 Å². The number of nitrogens with zero attached hydrogens (tertiary/aromatic N) is 2. The SMILES string of the molecule is Cl.[F][Ir]([c]1cccnc1)[c]1cccnc1. The number of halogens is 2. The van der Waals surface area contributed by atoms with Gasteiger partial charge in [-0.15, -0.1) is 12.4 Å². The molecule has 0 spiro atoms. The second-order valence-electron chi connectivity index (χ2n) is 2.50. The van der Waals surface area contributed by atoms with Crippen molar-refractivity contribution in [3.05, 3.63) is 49.1 Å². The molecule has 0 saturated carbocycles. The Bertz CT molecular complexity index is 359. The molecule has 2 heterocycles. The summed E-state index contributed by atoms with van der Waals surface area (Å²) in [5.74, 6) is 0. The maximum absolute atomic E-state index is 14.0. The topological polar surface area (TPSA) is 25.8 Å². The third kappa shape index (κ3) is 3.06. The number of hydrogen-bond donors (Lipinski definition) is 0. The standard InChI is InChI=1S/2C5H4N.ClH.FH.Ir/c2*1-2-4-6-5-3-1;;;/h2*1-2,4-5H;2*1H;/q;;;;+1/p-1. The molecule has 0 aliphatic carbocycles. The van der Waals surface area contributed by atoms with Crippen LogP contribution in [0.2, 0.25) is 0 Å². The van der Waals surface area contributed by atoms with Gasteiger partial charge >= 0.3 is 87.4 Å². The van der Waals surface area contributed by atoms with E-state index in [1.807, 2.05) is 0 Å². The van der Waals surface area contributed by atoms with Gasteiger partial charge in [-0.25, -0.2) is 0 Å². The first-order valence-electron chi connectivity index (χ1n) is 3.98. The van der Waals surface area contributed by atoms with E-state index in [9.17, 15) is 3.25 Å². The van der Waals surface area contributed by atoms with Crippen LogP contribution in [0.25, 0.3) is 0 Å². The summed E-state index contributed by atoms with van der Waals surface area (Å²) >= 11 is -2.82. The van der Waals surface area contributed by atoms with Crippen molar-refractivity contribution in [1.82, 2.24) is 9.97 Å². The monoisotopic (exact) mass is 404 g/mol. The van der Waals surface area contributed by atoms with Gasteiger partial charge in [-0.1, -0.05) is 0 Å². The van der Waals surface area contributed by atoms with Crippen molar-refractivity contribution in [2.75, 3.05) is 0 Å². The summed E-state index contributed by atoms with van der Waals surface area (Å²) in [6.45, 7) is 0. The summed E-state index contributed by atoms with van der Waals surface area (Å²) in [6.07, 6.45) is 6.50. The molecular weight excluding hydrogens is 395 g/mol. The van der Waals surface area contributed by atoms with E-state index in [-0.39, 0.29) is 12.4 Å². The minimum absolute atomic E-state index is 0. The average molecular weight is 404 g/mol. The van der Waals surface area contributed by atoms with Crippen LogP contribution in [0, 0.1) is 0 Å². The van der Waals surface area contributed by atoms with Crippen LogP contribution in [0.3, 0.4) is 0 Å². The van der Waals surface area contributed by atoms with Crippen LogP contribution in [-0.4, -0.2) is 9.97 Å². The van der Waals surface area contributed by atoms with Crippen LogP contribution in [0.1, 0.15) is 0 Å². The fourth-order valence-corrected chi connectivity index (χ4v) is 3.81. The van der Waals surface area contributed by atoms with Crippen molar-refractivity contribution in [2.24, 2.45) is 0 Å². The first-order chi connectivity index (χ1) is 6.88. The van der Waals surface area contributed by atoms with Crippen LogP contribution in [-0.2, 0) is 17.0 Å². The van der Waals surface area contributed by atoms with Gasteiger partial charge in [0.1, 0.15) is 0 Å². The Hall–Kier alpha value is -0.831. The zero-order chi connectivity index (χ0) is 9.80. The molecule has 15 heavy (non-hydrogen) atoms. The molecule has 82 valence electrons. The summed E-state index contributed by atoms with van der Waals surface area (Å²) in [4.78, 5) is 7.83. The van der Waals surface area contributed by atoms with Crippen LogP contribution < -0.4 is 8.15 Å². The first kappa shape index (κ1) is 12.2. The Morgan fingerprint density at radius 2 is 1.40 bits per heavy atom. The molecule has 0 bridgehead atoms. The molecular formula is C10H9ClFIrN2. The van der Waals surface area contributed by atoms with Crippen LogP contribution in [0.4, 0.5) is 3.25 Å². The van der Waals surface area contributed by atoms with Crippen LogP contribution in [0.15, 0.2) is 49.1 Å². The molecule has 0 radical (unpaired) electrons. The van der Waals surface area contributed by atoms with E-state index in [0.29, 0.717) is 0 Å². The van der Waals surface area contributed by atoms with E-state index >= 15 is 0 Å². The van der Waals surface area contributed by atoms with Gasteiger partial charge in [-0.3, -0.25) is 0 Å². The Morgan fingerprint density at radius 1 is 0.933 bits per heavy atom. The molecule has 5 heteroatoms. The maximum atomic E-state index is 14.0. The van der Waals surface area contributed by atoms with Crippen LogP contribution >= 0.6 is 12.4 Å². The molecule has 0 aliphatic heterocycles. The summed E-state index contributed by atoms with van der Waals surface area (Å²) in [5.41, 5.74) is 0. The van der Waals surface area contributed by atoms with Gasteiger partial charge in [0.05, 0.1) is 0 Å².